The molecule has 1 aliphatic carbocycles. The van der Waals surface area contributed by atoms with Gasteiger partial charge in [-0.2, -0.15) is 4.31 Å². The predicted molar refractivity (Wildman–Crippen MR) is 91.8 cm³/mol. The number of hydrogen-bond donors (Lipinski definition) is 0. The van der Waals surface area contributed by atoms with E-state index in [0.29, 0.717) is 30.8 Å². The molecular weight excluding hydrogens is 322 g/mol. The van der Waals surface area contributed by atoms with Crippen LogP contribution in [0.1, 0.15) is 18.4 Å². The van der Waals surface area contributed by atoms with Crippen molar-refractivity contribution in [2.75, 3.05) is 13.1 Å². The van der Waals surface area contributed by atoms with Crippen molar-refractivity contribution in [3.63, 3.8) is 0 Å². The molecular formula is C18H23N3O2S. The monoisotopic (exact) mass is 345 g/mol. The zero-order valence-corrected chi connectivity index (χ0v) is 14.7. The summed E-state index contributed by atoms with van der Waals surface area (Å²) in [6, 6.07) is 10.5. The summed E-state index contributed by atoms with van der Waals surface area (Å²) in [6.07, 6.45) is 6.53. The van der Waals surface area contributed by atoms with Crippen LogP contribution in [0.15, 0.2) is 47.9 Å². The Morgan fingerprint density at radius 3 is 2.67 bits per heavy atom. The topological polar surface area (TPSA) is 55.2 Å². The lowest BCUT2D eigenvalue weighted by atomic mass is 9.87. The molecule has 1 aliphatic heterocycles. The highest BCUT2D eigenvalue weighted by Gasteiger charge is 2.46. The zero-order chi connectivity index (χ0) is 16.7. The fraction of sp³-hybridized carbons (Fsp3) is 0.500. The minimum Gasteiger partial charge on any atom is -0.339 e. The molecule has 2 aromatic rings. The second-order valence-electron chi connectivity index (χ2n) is 7.15. The van der Waals surface area contributed by atoms with Gasteiger partial charge in [-0.25, -0.2) is 13.4 Å². The summed E-state index contributed by atoms with van der Waals surface area (Å²) >= 11 is 0. The Bertz CT molecular complexity index is 816. The van der Waals surface area contributed by atoms with Gasteiger partial charge in [-0.1, -0.05) is 30.3 Å². The van der Waals surface area contributed by atoms with E-state index in [0.717, 1.165) is 12.8 Å². The van der Waals surface area contributed by atoms with Crippen molar-refractivity contribution in [3.05, 3.63) is 48.4 Å². The molecule has 1 saturated heterocycles. The Labute approximate surface area is 143 Å². The molecule has 24 heavy (non-hydrogen) atoms. The summed E-state index contributed by atoms with van der Waals surface area (Å²) < 4.78 is 28.9. The Balaban J connectivity index is 1.50. The Morgan fingerprint density at radius 1 is 1.17 bits per heavy atom. The second kappa shape index (κ2) is 6.01. The molecule has 0 spiro atoms. The van der Waals surface area contributed by atoms with Gasteiger partial charge in [0.25, 0.3) is 10.0 Å². The fourth-order valence-electron chi connectivity index (χ4n) is 4.36. The fourth-order valence-corrected chi connectivity index (χ4v) is 5.86. The lowest BCUT2D eigenvalue weighted by Gasteiger charge is -2.20. The van der Waals surface area contributed by atoms with Gasteiger partial charge < -0.3 is 4.57 Å². The largest absolute Gasteiger partial charge is 0.339 e. The van der Waals surface area contributed by atoms with Crippen molar-refractivity contribution in [2.24, 2.45) is 24.8 Å². The molecule has 2 aliphatic rings. The summed E-state index contributed by atoms with van der Waals surface area (Å²) in [5, 5.41) is 0.171. The number of hydrogen-bond acceptors (Lipinski definition) is 3. The summed E-state index contributed by atoms with van der Waals surface area (Å²) in [6.45, 7) is 1.29. The number of benzene rings is 1. The van der Waals surface area contributed by atoms with Gasteiger partial charge in [0.15, 0.2) is 5.03 Å². The van der Waals surface area contributed by atoms with Crippen LogP contribution in [0.3, 0.4) is 0 Å². The van der Waals surface area contributed by atoms with E-state index in [9.17, 15) is 8.42 Å². The van der Waals surface area contributed by atoms with Crippen LogP contribution in [0.25, 0.3) is 0 Å². The molecule has 1 aromatic heterocycles. The first kappa shape index (κ1) is 15.8. The molecule has 0 unspecified atom stereocenters. The predicted octanol–water partition coefficient (Wildman–Crippen LogP) is 2.31. The molecule has 6 heteroatoms. The standard InChI is InChI=1S/C18H23N3O2S/c1-20-12-18(19-13-20)24(22,23)21-10-16-8-7-15(17(16)11-21)9-14-5-3-2-4-6-14/h2-6,12-13,15-17H,7-11H2,1H3/t15-,16-,17-/m1/s1. The summed E-state index contributed by atoms with van der Waals surface area (Å²) in [4.78, 5) is 4.05. The van der Waals surface area contributed by atoms with Gasteiger partial charge in [-0.05, 0) is 42.6 Å². The molecule has 5 nitrogen and oxygen atoms in total. The van der Waals surface area contributed by atoms with Crippen molar-refractivity contribution in [1.29, 1.82) is 0 Å². The van der Waals surface area contributed by atoms with E-state index in [1.807, 2.05) is 6.07 Å². The molecule has 1 aromatic carbocycles. The van der Waals surface area contributed by atoms with Crippen LogP contribution in [-0.2, 0) is 23.5 Å². The number of imidazole rings is 1. The Kier molecular flexibility index (Phi) is 3.96. The third kappa shape index (κ3) is 2.78. The number of sulfonamides is 1. The molecule has 2 heterocycles. The number of aromatic nitrogens is 2. The number of fused-ring (bicyclic) bond motifs is 1. The van der Waals surface area contributed by atoms with Crippen molar-refractivity contribution in [2.45, 2.75) is 24.3 Å². The third-order valence-corrected chi connectivity index (χ3v) is 7.32. The quantitative estimate of drug-likeness (QED) is 0.854. The van der Waals surface area contributed by atoms with E-state index >= 15 is 0 Å². The van der Waals surface area contributed by atoms with Crippen molar-refractivity contribution in [3.8, 4) is 0 Å². The van der Waals surface area contributed by atoms with Crippen LogP contribution >= 0.6 is 0 Å². The van der Waals surface area contributed by atoms with Crippen molar-refractivity contribution in [1.82, 2.24) is 13.9 Å². The first-order valence-corrected chi connectivity index (χ1v) is 10.00. The first-order chi connectivity index (χ1) is 11.5. The van der Waals surface area contributed by atoms with Gasteiger partial charge in [-0.3, -0.25) is 0 Å². The van der Waals surface area contributed by atoms with Gasteiger partial charge in [0.1, 0.15) is 0 Å². The average molecular weight is 345 g/mol. The van der Waals surface area contributed by atoms with Crippen LogP contribution in [-0.4, -0.2) is 35.4 Å². The SMILES string of the molecule is Cn1cnc(S(=O)(=O)N2C[C@H]3CC[C@H](Cc4ccccc4)[C@H]3C2)c1. The molecule has 0 N–H and O–H groups in total. The van der Waals surface area contributed by atoms with Gasteiger partial charge in [0.2, 0.25) is 0 Å². The number of aryl methyl sites for hydroxylation is 1. The molecule has 2 fully saturated rings. The van der Waals surface area contributed by atoms with Gasteiger partial charge >= 0.3 is 0 Å². The highest BCUT2D eigenvalue weighted by atomic mass is 32.2. The molecule has 1 saturated carbocycles. The summed E-state index contributed by atoms with van der Waals surface area (Å²) in [5.74, 6) is 1.56. The normalized spacial score (nSPS) is 27.5. The summed E-state index contributed by atoms with van der Waals surface area (Å²) in [7, 11) is -1.66. The minimum absolute atomic E-state index is 0.171. The number of nitrogens with zero attached hydrogens (tertiary/aromatic N) is 3. The summed E-state index contributed by atoms with van der Waals surface area (Å²) in [5.41, 5.74) is 1.36. The molecule has 0 amide bonds. The van der Waals surface area contributed by atoms with Crippen LogP contribution in [0.5, 0.6) is 0 Å². The van der Waals surface area contributed by atoms with E-state index in [1.54, 1.807) is 28.4 Å². The van der Waals surface area contributed by atoms with E-state index < -0.39 is 10.0 Å². The molecule has 4 rings (SSSR count). The Morgan fingerprint density at radius 2 is 1.96 bits per heavy atom. The minimum atomic E-state index is -3.45. The highest BCUT2D eigenvalue weighted by Crippen LogP contribution is 2.44. The Hall–Kier alpha value is -1.66. The maximum Gasteiger partial charge on any atom is 0.262 e. The molecule has 3 atom stereocenters. The van der Waals surface area contributed by atoms with E-state index in [1.165, 1.54) is 12.0 Å². The van der Waals surface area contributed by atoms with Gasteiger partial charge in [-0.15, -0.1) is 0 Å². The zero-order valence-electron chi connectivity index (χ0n) is 13.9. The van der Waals surface area contributed by atoms with E-state index in [4.69, 9.17) is 0 Å². The lowest BCUT2D eigenvalue weighted by Crippen LogP contribution is -2.31. The van der Waals surface area contributed by atoms with E-state index in [2.05, 4.69) is 29.2 Å². The highest BCUT2D eigenvalue weighted by molar-refractivity contribution is 7.89. The third-order valence-electron chi connectivity index (χ3n) is 5.60. The van der Waals surface area contributed by atoms with Crippen LogP contribution in [0.4, 0.5) is 0 Å². The average Bonchev–Trinajstić information content (AvgIpc) is 3.26. The molecule has 0 bridgehead atoms. The van der Waals surface area contributed by atoms with Crippen molar-refractivity contribution < 1.29 is 8.42 Å². The van der Waals surface area contributed by atoms with Crippen LogP contribution < -0.4 is 0 Å². The van der Waals surface area contributed by atoms with Crippen LogP contribution in [0, 0.1) is 17.8 Å². The van der Waals surface area contributed by atoms with Gasteiger partial charge in [0.05, 0.1) is 6.33 Å². The lowest BCUT2D eigenvalue weighted by molar-refractivity contribution is 0.358. The van der Waals surface area contributed by atoms with Crippen LogP contribution in [0.2, 0.25) is 0 Å². The molecule has 128 valence electrons. The van der Waals surface area contributed by atoms with Gasteiger partial charge in [0, 0.05) is 26.3 Å². The molecule has 0 radical (unpaired) electrons. The maximum absolute atomic E-state index is 12.8. The maximum atomic E-state index is 12.8. The van der Waals surface area contributed by atoms with E-state index in [-0.39, 0.29) is 5.03 Å². The number of rotatable bonds is 4. The smallest absolute Gasteiger partial charge is 0.262 e. The first-order valence-electron chi connectivity index (χ1n) is 8.56. The second-order valence-corrected chi connectivity index (χ2v) is 9.04. The van der Waals surface area contributed by atoms with Crippen molar-refractivity contribution >= 4 is 10.0 Å².